The third-order valence-electron chi connectivity index (χ3n) is 7.90. The minimum atomic E-state index is 0. The largest absolute Gasteiger partial charge is 1.00 e. The van der Waals surface area contributed by atoms with Crippen molar-refractivity contribution in [2.45, 2.75) is 13.3 Å². The van der Waals surface area contributed by atoms with E-state index in [9.17, 15) is 0 Å². The second-order valence-corrected chi connectivity index (χ2v) is 11.5. The maximum atomic E-state index is 2.38. The predicted molar refractivity (Wildman–Crippen MR) is 159 cm³/mol. The molecular formula is C38H27Cl2Zr. The summed E-state index contributed by atoms with van der Waals surface area (Å²) in [7, 11) is 0. The van der Waals surface area contributed by atoms with Gasteiger partial charge in [-0.25, -0.2) is 0 Å². The van der Waals surface area contributed by atoms with Crippen molar-refractivity contribution in [2.24, 2.45) is 0 Å². The number of fused-ring (bicyclic) bond motifs is 2. The van der Waals surface area contributed by atoms with Gasteiger partial charge in [0.2, 0.25) is 0 Å². The first-order valence-electron chi connectivity index (χ1n) is 13.5. The van der Waals surface area contributed by atoms with Crippen molar-refractivity contribution in [3.8, 4) is 0 Å². The Kier molecular flexibility index (Phi) is 8.81. The average molecular weight is 646 g/mol. The molecule has 5 aromatic carbocycles. The molecule has 0 heterocycles. The van der Waals surface area contributed by atoms with Crippen LogP contribution in [-0.2, 0) is 24.7 Å². The fourth-order valence-corrected chi connectivity index (χ4v) is 7.37. The van der Waals surface area contributed by atoms with Gasteiger partial charge in [0.15, 0.2) is 0 Å². The topological polar surface area (TPSA) is 0 Å². The van der Waals surface area contributed by atoms with Crippen molar-refractivity contribution in [3.63, 3.8) is 0 Å². The molecule has 2 aliphatic rings. The van der Waals surface area contributed by atoms with Crippen LogP contribution in [0.1, 0.15) is 39.8 Å². The molecular weight excluding hydrogens is 619 g/mol. The van der Waals surface area contributed by atoms with E-state index in [1.165, 1.54) is 99.0 Å². The van der Waals surface area contributed by atoms with Crippen LogP contribution >= 0.6 is 0 Å². The summed E-state index contributed by atoms with van der Waals surface area (Å²) in [6, 6.07) is 44.4. The number of hydrogen-bond acceptors (Lipinski definition) is 0. The molecule has 5 aromatic rings. The van der Waals surface area contributed by atoms with Gasteiger partial charge in [0.05, 0.1) is 0 Å². The van der Waals surface area contributed by atoms with Gasteiger partial charge in [0.1, 0.15) is 0 Å². The summed E-state index contributed by atoms with van der Waals surface area (Å²) in [5.74, 6) is 0. The van der Waals surface area contributed by atoms with Crippen LogP contribution in [0, 0.1) is 17.4 Å². The van der Waals surface area contributed by atoms with E-state index in [1.54, 1.807) is 0 Å². The smallest absolute Gasteiger partial charge is 1.00 e. The SMILES string of the molecule is Cc1cccc(C2=C(c3c4c(ccc3=C(c3ccccc3)c3ccccc3)=c3ccccc3=[C]4[Zr+2])CC=C2)c1.[Cl-].[Cl-]. The van der Waals surface area contributed by atoms with Crippen LogP contribution in [0.4, 0.5) is 0 Å². The molecule has 0 spiro atoms. The quantitative estimate of drug-likeness (QED) is 0.278. The Hall–Kier alpha value is -3.22. The number of hydrogen-bond donors (Lipinski definition) is 0. The van der Waals surface area contributed by atoms with E-state index < -0.39 is 0 Å². The van der Waals surface area contributed by atoms with Crippen molar-refractivity contribution < 1.29 is 49.5 Å². The summed E-state index contributed by atoms with van der Waals surface area (Å²) in [5, 5.41) is 5.41. The molecule has 0 bridgehead atoms. The minimum Gasteiger partial charge on any atom is -1.00 e. The van der Waals surface area contributed by atoms with Crippen molar-refractivity contribution in [1.29, 1.82) is 0 Å². The second-order valence-electron chi connectivity index (χ2n) is 10.3. The van der Waals surface area contributed by atoms with E-state index in [0.29, 0.717) is 0 Å². The molecule has 0 radical (unpaired) electrons. The van der Waals surface area contributed by atoms with Gasteiger partial charge in [0.25, 0.3) is 0 Å². The maximum absolute atomic E-state index is 2.38. The van der Waals surface area contributed by atoms with Gasteiger partial charge in [-0.2, -0.15) is 0 Å². The Labute approximate surface area is 268 Å². The summed E-state index contributed by atoms with van der Waals surface area (Å²) in [6.07, 6.45) is 5.61. The van der Waals surface area contributed by atoms with E-state index in [4.69, 9.17) is 0 Å². The van der Waals surface area contributed by atoms with Crippen molar-refractivity contribution in [2.75, 3.05) is 0 Å². The summed E-state index contributed by atoms with van der Waals surface area (Å²) in [6.45, 7) is 2.18. The second kappa shape index (κ2) is 12.3. The van der Waals surface area contributed by atoms with Gasteiger partial charge in [-0.15, -0.1) is 0 Å². The molecule has 197 valence electrons. The Morgan fingerprint density at radius 3 is 1.90 bits per heavy atom. The molecule has 7 rings (SSSR count). The Morgan fingerprint density at radius 2 is 1.24 bits per heavy atom. The zero-order valence-electron chi connectivity index (χ0n) is 22.7. The Bertz CT molecular complexity index is 2000. The fourth-order valence-electron chi connectivity index (χ4n) is 6.19. The Balaban J connectivity index is 0.00000169. The zero-order valence-corrected chi connectivity index (χ0v) is 26.6. The first-order chi connectivity index (χ1) is 19.2. The number of rotatable bonds is 4. The number of benzene rings is 5. The van der Waals surface area contributed by atoms with Crippen LogP contribution in [0.2, 0.25) is 0 Å². The standard InChI is InChI=1S/C38H27.2ClH.Zr/c1-26-12-10-18-29(24-26)32-20-11-21-34(32)38-35(23-22-33-31-19-9-8-17-30(31)25-36(33)38)37(27-13-4-2-5-14-27)28-15-6-3-7-16-28;;;/h2-20,22-24H,21H2,1H3;2*1H;/q;;;+2/p-2. The first-order valence-corrected chi connectivity index (χ1v) is 14.7. The van der Waals surface area contributed by atoms with Gasteiger partial charge in [-0.1, -0.05) is 0 Å². The van der Waals surface area contributed by atoms with E-state index >= 15 is 0 Å². The molecule has 0 atom stereocenters. The van der Waals surface area contributed by atoms with Gasteiger partial charge < -0.3 is 24.8 Å². The number of aryl methyl sites for hydroxylation is 1. The van der Waals surface area contributed by atoms with E-state index in [2.05, 4.69) is 140 Å². The Morgan fingerprint density at radius 1 is 0.610 bits per heavy atom. The molecule has 41 heavy (non-hydrogen) atoms. The predicted octanol–water partition coefficient (Wildman–Crippen LogP) is 1.42. The van der Waals surface area contributed by atoms with Crippen LogP contribution in [0.3, 0.4) is 0 Å². The molecule has 0 unspecified atom stereocenters. The monoisotopic (exact) mass is 643 g/mol. The molecule has 0 saturated carbocycles. The summed E-state index contributed by atoms with van der Waals surface area (Å²) >= 11 is 1.45. The summed E-state index contributed by atoms with van der Waals surface area (Å²) < 4.78 is 1.45. The number of allylic oxidation sites excluding steroid dienone is 4. The number of halogens is 2. The molecule has 0 fully saturated rings. The maximum Gasteiger partial charge on any atom is -1.00 e. The normalized spacial score (nSPS) is 12.9. The van der Waals surface area contributed by atoms with Crippen LogP contribution in [0.15, 0.2) is 133 Å². The molecule has 0 aliphatic heterocycles. The van der Waals surface area contributed by atoms with Crippen LogP contribution in [0.5, 0.6) is 0 Å². The van der Waals surface area contributed by atoms with Gasteiger partial charge in [-0.05, 0) is 0 Å². The zero-order chi connectivity index (χ0) is 26.3. The van der Waals surface area contributed by atoms with E-state index in [0.717, 1.165) is 6.42 Å². The van der Waals surface area contributed by atoms with E-state index in [1.807, 2.05) is 0 Å². The molecule has 2 aliphatic carbocycles. The first kappa shape index (κ1) is 29.3. The van der Waals surface area contributed by atoms with Gasteiger partial charge >= 0.3 is 246 Å². The third-order valence-corrected chi connectivity index (χ3v) is 9.18. The molecule has 3 heteroatoms. The minimum absolute atomic E-state index is 0. The van der Waals surface area contributed by atoms with Crippen LogP contribution in [-0.4, -0.2) is 0 Å². The van der Waals surface area contributed by atoms with Crippen LogP contribution < -0.4 is 35.3 Å². The fraction of sp³-hybridized carbons (Fsp3) is 0.0526. The van der Waals surface area contributed by atoms with Gasteiger partial charge in [0, 0.05) is 0 Å². The average Bonchev–Trinajstić information content (AvgIpc) is 3.58. The molecule has 0 aromatic heterocycles. The van der Waals surface area contributed by atoms with Crippen molar-refractivity contribution in [3.05, 3.63) is 188 Å². The third kappa shape index (κ3) is 5.17. The van der Waals surface area contributed by atoms with Gasteiger partial charge in [-0.3, -0.25) is 0 Å². The summed E-state index contributed by atoms with van der Waals surface area (Å²) in [5.41, 5.74) is 11.9. The molecule has 0 saturated heterocycles. The van der Waals surface area contributed by atoms with Crippen LogP contribution in [0.25, 0.3) is 20.0 Å². The molecule has 0 N–H and O–H groups in total. The molecule has 0 amide bonds. The van der Waals surface area contributed by atoms with E-state index in [-0.39, 0.29) is 24.8 Å². The van der Waals surface area contributed by atoms with Crippen molar-refractivity contribution in [1.82, 2.24) is 0 Å². The molecule has 0 nitrogen and oxygen atoms in total. The van der Waals surface area contributed by atoms with Crippen molar-refractivity contribution >= 4 is 20.0 Å². The summed E-state index contributed by atoms with van der Waals surface area (Å²) in [4.78, 5) is 0.